The highest BCUT2D eigenvalue weighted by Gasteiger charge is 2.28. The largest absolute Gasteiger partial charge is 0.491 e. The lowest BCUT2D eigenvalue weighted by Crippen LogP contribution is -2.19. The normalized spacial score (nSPS) is 11.2. The number of pyridine rings is 1. The van der Waals surface area contributed by atoms with Crippen molar-refractivity contribution in [1.82, 2.24) is 4.98 Å². The van der Waals surface area contributed by atoms with Crippen molar-refractivity contribution in [1.29, 1.82) is 0 Å². The van der Waals surface area contributed by atoms with Gasteiger partial charge in [-0.1, -0.05) is 12.1 Å². The average Bonchev–Trinajstić information content (AvgIpc) is 2.59. The van der Waals surface area contributed by atoms with E-state index < -0.39 is 12.8 Å². The van der Waals surface area contributed by atoms with Crippen molar-refractivity contribution in [2.75, 3.05) is 32.2 Å². The number of hydrogen-bond donors (Lipinski definition) is 1. The van der Waals surface area contributed by atoms with Gasteiger partial charge in [-0.3, -0.25) is 0 Å². The Hall–Kier alpha value is -2.48. The SMILES string of the molecule is COCCOc1cccc(CNc2ccnc(OCC(F)(F)F)c2)c1. The maximum atomic E-state index is 12.2. The van der Waals surface area contributed by atoms with Crippen LogP contribution in [0.15, 0.2) is 42.6 Å². The number of halogens is 3. The first-order valence-electron chi connectivity index (χ1n) is 7.56. The first-order valence-corrected chi connectivity index (χ1v) is 7.56. The Bertz CT molecular complexity index is 666. The van der Waals surface area contributed by atoms with Crippen LogP contribution in [0, 0.1) is 0 Å². The van der Waals surface area contributed by atoms with E-state index in [-0.39, 0.29) is 5.88 Å². The molecule has 0 saturated heterocycles. The summed E-state index contributed by atoms with van der Waals surface area (Å²) in [5, 5.41) is 3.11. The van der Waals surface area contributed by atoms with Crippen LogP contribution < -0.4 is 14.8 Å². The van der Waals surface area contributed by atoms with Crippen LogP contribution in [0.5, 0.6) is 11.6 Å². The Balaban J connectivity index is 1.89. The van der Waals surface area contributed by atoms with Gasteiger partial charge in [0.15, 0.2) is 6.61 Å². The third kappa shape index (κ3) is 7.30. The fourth-order valence-corrected chi connectivity index (χ4v) is 1.95. The van der Waals surface area contributed by atoms with Gasteiger partial charge in [0.2, 0.25) is 5.88 Å². The summed E-state index contributed by atoms with van der Waals surface area (Å²) in [5.74, 6) is 0.638. The van der Waals surface area contributed by atoms with E-state index in [0.717, 1.165) is 11.3 Å². The van der Waals surface area contributed by atoms with Gasteiger partial charge in [0.1, 0.15) is 12.4 Å². The van der Waals surface area contributed by atoms with E-state index in [0.29, 0.717) is 25.4 Å². The number of rotatable bonds is 9. The van der Waals surface area contributed by atoms with Gasteiger partial charge >= 0.3 is 6.18 Å². The van der Waals surface area contributed by atoms with E-state index >= 15 is 0 Å². The summed E-state index contributed by atoms with van der Waals surface area (Å²) in [6.07, 6.45) is -3.01. The number of nitrogens with zero attached hydrogens (tertiary/aromatic N) is 1. The molecule has 0 saturated carbocycles. The molecule has 136 valence electrons. The Morgan fingerprint density at radius 2 is 1.92 bits per heavy atom. The summed E-state index contributed by atoms with van der Waals surface area (Å²) in [5.41, 5.74) is 1.57. The molecule has 0 aliphatic carbocycles. The van der Waals surface area contributed by atoms with Crippen molar-refractivity contribution in [2.24, 2.45) is 0 Å². The van der Waals surface area contributed by atoms with Gasteiger partial charge in [0.25, 0.3) is 0 Å². The molecule has 0 aliphatic heterocycles. The molecule has 1 heterocycles. The fourth-order valence-electron chi connectivity index (χ4n) is 1.95. The Morgan fingerprint density at radius 1 is 1.08 bits per heavy atom. The van der Waals surface area contributed by atoms with E-state index in [1.807, 2.05) is 24.3 Å². The summed E-state index contributed by atoms with van der Waals surface area (Å²) in [6.45, 7) is 0.0619. The van der Waals surface area contributed by atoms with Crippen molar-refractivity contribution in [3.05, 3.63) is 48.2 Å². The number of aromatic nitrogens is 1. The first kappa shape index (κ1) is 18.9. The molecule has 0 unspecified atom stereocenters. The van der Waals surface area contributed by atoms with Crippen molar-refractivity contribution in [2.45, 2.75) is 12.7 Å². The zero-order valence-electron chi connectivity index (χ0n) is 13.7. The van der Waals surface area contributed by atoms with E-state index in [9.17, 15) is 13.2 Å². The molecule has 0 radical (unpaired) electrons. The zero-order valence-corrected chi connectivity index (χ0v) is 13.7. The molecule has 5 nitrogen and oxygen atoms in total. The van der Waals surface area contributed by atoms with Crippen LogP contribution in [0.2, 0.25) is 0 Å². The molecule has 1 aromatic carbocycles. The molecule has 0 spiro atoms. The highest BCUT2D eigenvalue weighted by molar-refractivity contribution is 5.46. The Kier molecular flexibility index (Phi) is 6.88. The monoisotopic (exact) mass is 356 g/mol. The third-order valence-electron chi connectivity index (χ3n) is 3.07. The molecule has 0 fully saturated rings. The van der Waals surface area contributed by atoms with Gasteiger partial charge in [0.05, 0.1) is 6.61 Å². The van der Waals surface area contributed by atoms with E-state index in [2.05, 4.69) is 15.0 Å². The van der Waals surface area contributed by atoms with E-state index in [4.69, 9.17) is 9.47 Å². The molecule has 0 bridgehead atoms. The Morgan fingerprint density at radius 3 is 2.68 bits per heavy atom. The van der Waals surface area contributed by atoms with Crippen molar-refractivity contribution < 1.29 is 27.4 Å². The highest BCUT2D eigenvalue weighted by Crippen LogP contribution is 2.20. The van der Waals surface area contributed by atoms with E-state index in [1.165, 1.54) is 12.3 Å². The van der Waals surface area contributed by atoms with Crippen LogP contribution in [-0.2, 0) is 11.3 Å². The second kappa shape index (κ2) is 9.12. The summed E-state index contributed by atoms with van der Waals surface area (Å²) >= 11 is 0. The summed E-state index contributed by atoms with van der Waals surface area (Å²) < 4.78 is 51.6. The summed E-state index contributed by atoms with van der Waals surface area (Å²) in [7, 11) is 1.60. The number of hydrogen-bond acceptors (Lipinski definition) is 5. The Labute approximate surface area is 143 Å². The molecular formula is C17H19F3N2O3. The lowest BCUT2D eigenvalue weighted by atomic mass is 10.2. The van der Waals surface area contributed by atoms with Crippen molar-refractivity contribution >= 4 is 5.69 Å². The van der Waals surface area contributed by atoms with Crippen LogP contribution in [0.3, 0.4) is 0 Å². The maximum Gasteiger partial charge on any atom is 0.422 e. The number of ether oxygens (including phenoxy) is 3. The minimum atomic E-state index is -4.39. The molecular weight excluding hydrogens is 337 g/mol. The number of anilines is 1. The summed E-state index contributed by atoms with van der Waals surface area (Å²) in [4.78, 5) is 3.76. The smallest absolute Gasteiger partial charge is 0.422 e. The predicted octanol–water partition coefficient (Wildman–Crippen LogP) is 3.66. The molecule has 0 atom stereocenters. The molecule has 0 aliphatic rings. The minimum absolute atomic E-state index is 0.0843. The molecule has 0 amide bonds. The number of alkyl halides is 3. The lowest BCUT2D eigenvalue weighted by Gasteiger charge is -2.11. The van der Waals surface area contributed by atoms with Gasteiger partial charge in [-0.25, -0.2) is 4.98 Å². The standard InChI is InChI=1S/C17H19F3N2O3/c1-23-7-8-24-15-4-2-3-13(9-15)11-22-14-5-6-21-16(10-14)25-12-17(18,19)20/h2-6,9-10H,7-8,11-12H2,1H3,(H,21,22). The predicted molar refractivity (Wildman–Crippen MR) is 86.9 cm³/mol. The highest BCUT2D eigenvalue weighted by atomic mass is 19.4. The number of nitrogens with one attached hydrogen (secondary N) is 1. The fraction of sp³-hybridized carbons (Fsp3) is 0.353. The van der Waals surface area contributed by atoms with Gasteiger partial charge in [-0.05, 0) is 23.8 Å². The van der Waals surface area contributed by atoms with Gasteiger partial charge in [-0.2, -0.15) is 13.2 Å². The van der Waals surface area contributed by atoms with Crippen LogP contribution in [0.25, 0.3) is 0 Å². The second-order valence-corrected chi connectivity index (χ2v) is 5.13. The lowest BCUT2D eigenvalue weighted by molar-refractivity contribution is -0.154. The van der Waals surface area contributed by atoms with Gasteiger partial charge in [0, 0.05) is 31.6 Å². The molecule has 8 heteroatoms. The van der Waals surface area contributed by atoms with E-state index in [1.54, 1.807) is 13.2 Å². The van der Waals surface area contributed by atoms with Crippen LogP contribution in [0.1, 0.15) is 5.56 Å². The molecule has 2 aromatic rings. The van der Waals surface area contributed by atoms with Crippen LogP contribution >= 0.6 is 0 Å². The summed E-state index contributed by atoms with van der Waals surface area (Å²) in [6, 6.07) is 10.6. The second-order valence-electron chi connectivity index (χ2n) is 5.13. The van der Waals surface area contributed by atoms with Crippen molar-refractivity contribution in [3.8, 4) is 11.6 Å². The zero-order chi connectivity index (χ0) is 18.1. The van der Waals surface area contributed by atoms with Gasteiger partial charge < -0.3 is 19.5 Å². The minimum Gasteiger partial charge on any atom is -0.491 e. The topological polar surface area (TPSA) is 52.6 Å². The first-order chi connectivity index (χ1) is 12.0. The molecule has 2 rings (SSSR count). The molecule has 1 aromatic heterocycles. The number of methoxy groups -OCH3 is 1. The van der Waals surface area contributed by atoms with Crippen LogP contribution in [-0.4, -0.2) is 38.1 Å². The number of benzene rings is 1. The average molecular weight is 356 g/mol. The third-order valence-corrected chi connectivity index (χ3v) is 3.07. The van der Waals surface area contributed by atoms with Crippen molar-refractivity contribution in [3.63, 3.8) is 0 Å². The maximum absolute atomic E-state index is 12.2. The van der Waals surface area contributed by atoms with Gasteiger partial charge in [-0.15, -0.1) is 0 Å². The molecule has 25 heavy (non-hydrogen) atoms. The van der Waals surface area contributed by atoms with Crippen LogP contribution in [0.4, 0.5) is 18.9 Å². The molecule has 1 N–H and O–H groups in total. The quantitative estimate of drug-likeness (QED) is 0.695.